The van der Waals surface area contributed by atoms with Crippen LogP contribution in [0.1, 0.15) is 38.5 Å². The highest BCUT2D eigenvalue weighted by atomic mass is 32.2. The number of carbonyl (C=O) groups excluding carboxylic acids is 4. The fourth-order valence-corrected chi connectivity index (χ4v) is 3.39. The van der Waals surface area contributed by atoms with Crippen molar-refractivity contribution < 1.29 is 39.0 Å². The lowest BCUT2D eigenvalue weighted by molar-refractivity contribution is -0.143. The topological polar surface area (TPSA) is 295 Å². The molecule has 0 aromatic carbocycles. The summed E-state index contributed by atoms with van der Waals surface area (Å²) in [6.07, 6.45) is 0.783. The zero-order valence-corrected chi connectivity index (χ0v) is 21.3. The summed E-state index contributed by atoms with van der Waals surface area (Å²) in [6, 6.07) is -5.39. The van der Waals surface area contributed by atoms with Crippen molar-refractivity contribution >= 4 is 53.3 Å². The van der Waals surface area contributed by atoms with Gasteiger partial charge in [0.25, 0.3) is 0 Å². The molecular weight excluding hydrogens is 512 g/mol. The van der Waals surface area contributed by atoms with Crippen LogP contribution in [0.2, 0.25) is 0 Å². The molecule has 210 valence electrons. The maximum atomic E-state index is 12.9. The van der Waals surface area contributed by atoms with E-state index in [4.69, 9.17) is 22.9 Å². The fourth-order valence-electron chi connectivity index (χ4n) is 2.90. The molecule has 13 N–H and O–H groups in total. The predicted octanol–water partition coefficient (Wildman–Crippen LogP) is -3.60. The van der Waals surface area contributed by atoms with Gasteiger partial charge in [-0.15, -0.1) is 0 Å². The van der Waals surface area contributed by atoms with E-state index in [-0.39, 0.29) is 44.6 Å². The van der Waals surface area contributed by atoms with Crippen LogP contribution >= 0.6 is 11.8 Å². The number of amides is 4. The second-order valence-electron chi connectivity index (χ2n) is 7.96. The molecule has 0 heterocycles. The van der Waals surface area contributed by atoms with Gasteiger partial charge in [-0.25, -0.2) is 4.79 Å². The molecule has 4 amide bonds. The molecule has 0 fully saturated rings. The average molecular weight is 549 g/mol. The van der Waals surface area contributed by atoms with Crippen LogP contribution < -0.4 is 38.9 Å². The summed E-state index contributed by atoms with van der Waals surface area (Å²) in [4.78, 5) is 75.6. The van der Waals surface area contributed by atoms with Gasteiger partial charge in [0, 0.05) is 13.0 Å². The van der Waals surface area contributed by atoms with Crippen LogP contribution in [-0.4, -0.2) is 94.5 Å². The van der Waals surface area contributed by atoms with Crippen LogP contribution in [0.25, 0.3) is 0 Å². The van der Waals surface area contributed by atoms with Gasteiger partial charge in [-0.1, -0.05) is 0 Å². The molecule has 0 aliphatic rings. The lowest BCUT2D eigenvalue weighted by Gasteiger charge is -2.24. The second-order valence-corrected chi connectivity index (χ2v) is 8.95. The van der Waals surface area contributed by atoms with Gasteiger partial charge in [-0.3, -0.25) is 29.0 Å². The van der Waals surface area contributed by atoms with Gasteiger partial charge in [-0.05, 0) is 37.7 Å². The molecule has 0 radical (unpaired) electrons. The third-order valence-corrected chi connectivity index (χ3v) is 5.50. The lowest BCUT2D eigenvalue weighted by atomic mass is 10.1. The van der Waals surface area contributed by atoms with Crippen molar-refractivity contribution in [2.75, 3.05) is 18.6 Å². The Morgan fingerprint density at radius 1 is 0.838 bits per heavy atom. The molecule has 0 saturated carbocycles. The molecule has 0 spiro atoms. The third-order valence-electron chi connectivity index (χ3n) is 4.85. The standard InChI is InChI=1S/C20H36N8O8S/c1-37-8-6-10(21)16(32)28-13(9-15(30)31)18(34)26-11(3-2-7-25-20(23)24)17(33)27-12(19(35)36)4-5-14(22)29/h10-13H,2-9,21H2,1H3,(H2,22,29)(H,26,34)(H,27,33)(H,28,32)(H,30,31)(H,35,36)(H4,23,24,25). The number of rotatable bonds is 19. The zero-order chi connectivity index (χ0) is 28.5. The Hall–Kier alpha value is -3.60. The number of hydrogen-bond donors (Lipinski definition) is 9. The Morgan fingerprint density at radius 3 is 1.92 bits per heavy atom. The Kier molecular flexibility index (Phi) is 16.0. The largest absolute Gasteiger partial charge is 0.481 e. The van der Waals surface area contributed by atoms with E-state index in [0.29, 0.717) is 5.75 Å². The van der Waals surface area contributed by atoms with Gasteiger partial charge in [0.2, 0.25) is 23.6 Å². The van der Waals surface area contributed by atoms with Crippen molar-refractivity contribution in [2.24, 2.45) is 27.9 Å². The number of aliphatic imine (C=N–C) groups is 1. The van der Waals surface area contributed by atoms with Crippen molar-refractivity contribution in [1.29, 1.82) is 0 Å². The summed E-state index contributed by atoms with van der Waals surface area (Å²) in [6.45, 7) is 0.0750. The van der Waals surface area contributed by atoms with Gasteiger partial charge >= 0.3 is 11.9 Å². The molecule has 17 heteroatoms. The first-order valence-corrected chi connectivity index (χ1v) is 12.6. The first kappa shape index (κ1) is 33.4. The molecule has 0 rings (SSSR count). The number of carboxylic acids is 2. The molecular formula is C20H36N8O8S. The van der Waals surface area contributed by atoms with Crippen LogP contribution in [0.3, 0.4) is 0 Å². The molecule has 0 saturated heterocycles. The highest BCUT2D eigenvalue weighted by Gasteiger charge is 2.31. The van der Waals surface area contributed by atoms with Crippen LogP contribution in [-0.2, 0) is 28.8 Å². The first-order valence-electron chi connectivity index (χ1n) is 11.2. The number of nitrogens with two attached hydrogens (primary N) is 4. The van der Waals surface area contributed by atoms with Gasteiger partial charge in [0.05, 0.1) is 12.5 Å². The van der Waals surface area contributed by atoms with Gasteiger partial charge in [0.1, 0.15) is 18.1 Å². The summed E-state index contributed by atoms with van der Waals surface area (Å²) in [7, 11) is 0. The minimum Gasteiger partial charge on any atom is -0.481 e. The van der Waals surface area contributed by atoms with Gasteiger partial charge in [0.15, 0.2) is 5.96 Å². The maximum absolute atomic E-state index is 12.9. The summed E-state index contributed by atoms with van der Waals surface area (Å²) in [5.74, 6) is -5.93. The van der Waals surface area contributed by atoms with Crippen LogP contribution in [0.4, 0.5) is 0 Å². The quantitative estimate of drug-likeness (QED) is 0.0429. The third kappa shape index (κ3) is 15.2. The predicted molar refractivity (Wildman–Crippen MR) is 135 cm³/mol. The maximum Gasteiger partial charge on any atom is 0.326 e. The number of nitrogens with one attached hydrogen (secondary N) is 3. The number of guanidine groups is 1. The molecule has 0 aliphatic heterocycles. The van der Waals surface area contributed by atoms with Crippen molar-refractivity contribution in [2.45, 2.75) is 62.7 Å². The summed E-state index contributed by atoms with van der Waals surface area (Å²) < 4.78 is 0. The Labute approximate surface area is 217 Å². The highest BCUT2D eigenvalue weighted by molar-refractivity contribution is 7.98. The monoisotopic (exact) mass is 548 g/mol. The smallest absolute Gasteiger partial charge is 0.326 e. The van der Waals surface area contributed by atoms with E-state index in [1.807, 2.05) is 6.26 Å². The number of nitrogens with zero attached hydrogens (tertiary/aromatic N) is 1. The number of carboxylic acid groups (broad SMARTS) is 2. The number of thioether (sulfide) groups is 1. The fraction of sp³-hybridized carbons (Fsp3) is 0.650. The molecule has 16 nitrogen and oxygen atoms in total. The van der Waals surface area contributed by atoms with E-state index in [2.05, 4.69) is 20.9 Å². The van der Waals surface area contributed by atoms with Crippen molar-refractivity contribution in [3.63, 3.8) is 0 Å². The van der Waals surface area contributed by atoms with E-state index < -0.39 is 66.2 Å². The van der Waals surface area contributed by atoms with E-state index in [9.17, 15) is 39.0 Å². The summed E-state index contributed by atoms with van der Waals surface area (Å²) in [5, 5.41) is 25.4. The SMILES string of the molecule is CSCCC(N)C(=O)NC(CC(=O)O)C(=O)NC(CCCN=C(N)N)C(=O)NC(CCC(N)=O)C(=O)O. The zero-order valence-electron chi connectivity index (χ0n) is 20.5. The van der Waals surface area contributed by atoms with Crippen LogP contribution in [0.5, 0.6) is 0 Å². The minimum absolute atomic E-state index is 0.0719. The summed E-state index contributed by atoms with van der Waals surface area (Å²) in [5.41, 5.74) is 21.3. The van der Waals surface area contributed by atoms with E-state index in [1.165, 1.54) is 11.8 Å². The van der Waals surface area contributed by atoms with Crippen molar-refractivity contribution in [3.8, 4) is 0 Å². The summed E-state index contributed by atoms with van der Waals surface area (Å²) >= 11 is 1.45. The van der Waals surface area contributed by atoms with Crippen molar-refractivity contribution in [1.82, 2.24) is 16.0 Å². The van der Waals surface area contributed by atoms with Gasteiger partial charge in [-0.2, -0.15) is 11.8 Å². The van der Waals surface area contributed by atoms with E-state index >= 15 is 0 Å². The number of aliphatic carboxylic acids is 2. The first-order chi connectivity index (χ1) is 17.3. The van der Waals surface area contributed by atoms with Crippen LogP contribution in [0, 0.1) is 0 Å². The Morgan fingerprint density at radius 2 is 1.41 bits per heavy atom. The molecule has 4 unspecified atom stereocenters. The van der Waals surface area contributed by atoms with E-state index in [1.54, 1.807) is 0 Å². The Balaban J connectivity index is 5.64. The molecule has 0 bridgehead atoms. The molecule has 0 aliphatic carbocycles. The lowest BCUT2D eigenvalue weighted by Crippen LogP contribution is -2.57. The minimum atomic E-state index is -1.57. The number of primary amides is 1. The molecule has 0 aromatic heterocycles. The average Bonchev–Trinajstić information content (AvgIpc) is 2.80. The number of carbonyl (C=O) groups is 6. The molecule has 4 atom stereocenters. The van der Waals surface area contributed by atoms with Gasteiger partial charge < -0.3 is 49.1 Å². The molecule has 37 heavy (non-hydrogen) atoms. The van der Waals surface area contributed by atoms with Crippen LogP contribution in [0.15, 0.2) is 4.99 Å². The second kappa shape index (κ2) is 17.8. The van der Waals surface area contributed by atoms with Crippen molar-refractivity contribution in [3.05, 3.63) is 0 Å². The Bertz CT molecular complexity index is 852. The molecule has 0 aromatic rings. The normalized spacial score (nSPS) is 13.8. The van der Waals surface area contributed by atoms with E-state index in [0.717, 1.165) is 0 Å². The highest BCUT2D eigenvalue weighted by Crippen LogP contribution is 2.06. The number of hydrogen-bond acceptors (Lipinski definition) is 9.